The van der Waals surface area contributed by atoms with Crippen LogP contribution in [0.5, 0.6) is 0 Å². The van der Waals surface area contributed by atoms with Gasteiger partial charge in [0.05, 0.1) is 0 Å². The first kappa shape index (κ1) is 16.0. The van der Waals surface area contributed by atoms with Gasteiger partial charge in [-0.3, -0.25) is 0 Å². The molecule has 0 saturated carbocycles. The Morgan fingerprint density at radius 1 is 1.04 bits per heavy atom. The highest BCUT2D eigenvalue weighted by atomic mass is 35.5. The summed E-state index contributed by atoms with van der Waals surface area (Å²) in [6.45, 7) is 1.94. The zero-order chi connectivity index (χ0) is 16.9. The van der Waals surface area contributed by atoms with Crippen molar-refractivity contribution in [3.8, 4) is 0 Å². The van der Waals surface area contributed by atoms with Crippen LogP contribution in [-0.2, 0) is 0 Å². The normalized spacial score (nSPS) is 10.2. The molecule has 0 aliphatic carbocycles. The van der Waals surface area contributed by atoms with Gasteiger partial charge in [-0.2, -0.15) is 0 Å². The van der Waals surface area contributed by atoms with Gasteiger partial charge in [0, 0.05) is 23.1 Å². The van der Waals surface area contributed by atoms with Gasteiger partial charge in [0.1, 0.15) is 11.6 Å². The lowest BCUT2D eigenvalue weighted by Gasteiger charge is -2.21. The first-order valence-corrected chi connectivity index (χ1v) is 7.71. The first-order valence-electron chi connectivity index (χ1n) is 7.34. The van der Waals surface area contributed by atoms with Gasteiger partial charge >= 0.3 is 6.03 Å². The number of halogens is 1. The molecule has 6 heteroatoms. The van der Waals surface area contributed by atoms with Crippen LogP contribution in [0.3, 0.4) is 0 Å². The topological polar surface area (TPSA) is 58.1 Å². The molecule has 5 nitrogen and oxygen atoms in total. The molecule has 1 N–H and O–H groups in total. The number of hydrogen-bond donors (Lipinski definition) is 1. The van der Waals surface area contributed by atoms with Gasteiger partial charge in [0.15, 0.2) is 0 Å². The van der Waals surface area contributed by atoms with Gasteiger partial charge in [0.2, 0.25) is 0 Å². The van der Waals surface area contributed by atoms with Crippen molar-refractivity contribution in [3.63, 3.8) is 0 Å². The number of aryl methyl sites for hydroxylation is 1. The van der Waals surface area contributed by atoms with Gasteiger partial charge in [-0.15, -0.1) is 0 Å². The van der Waals surface area contributed by atoms with Gasteiger partial charge in [-0.25, -0.2) is 19.7 Å². The van der Waals surface area contributed by atoms with E-state index in [1.54, 1.807) is 54.9 Å². The summed E-state index contributed by atoms with van der Waals surface area (Å²) in [4.78, 5) is 22.8. The number of anilines is 3. The maximum absolute atomic E-state index is 12.8. The Kier molecular flexibility index (Phi) is 4.72. The minimum Gasteiger partial charge on any atom is -0.307 e. The van der Waals surface area contributed by atoms with Gasteiger partial charge in [-0.1, -0.05) is 29.8 Å². The van der Waals surface area contributed by atoms with Crippen LogP contribution in [0, 0.1) is 6.92 Å². The molecule has 0 radical (unpaired) electrons. The molecule has 2 heterocycles. The van der Waals surface area contributed by atoms with Crippen molar-refractivity contribution in [1.29, 1.82) is 0 Å². The summed E-state index contributed by atoms with van der Waals surface area (Å²) in [5, 5.41) is 3.36. The fourth-order valence-corrected chi connectivity index (χ4v) is 2.34. The third-order valence-corrected chi connectivity index (χ3v) is 3.52. The summed E-state index contributed by atoms with van der Waals surface area (Å²) in [6.07, 6.45) is 3.33. The van der Waals surface area contributed by atoms with E-state index in [9.17, 15) is 4.79 Å². The number of carbonyl (C=O) groups excluding carboxylic acids is 1. The highest BCUT2D eigenvalue weighted by Crippen LogP contribution is 2.23. The molecule has 0 aliphatic heterocycles. The molecule has 0 spiro atoms. The van der Waals surface area contributed by atoms with Crippen molar-refractivity contribution in [3.05, 3.63) is 77.6 Å². The molecule has 0 aliphatic rings. The molecule has 0 unspecified atom stereocenters. The third-order valence-electron chi connectivity index (χ3n) is 3.28. The zero-order valence-electron chi connectivity index (χ0n) is 13.0. The van der Waals surface area contributed by atoms with E-state index in [2.05, 4.69) is 15.3 Å². The lowest BCUT2D eigenvalue weighted by Crippen LogP contribution is -2.32. The zero-order valence-corrected chi connectivity index (χ0v) is 13.7. The van der Waals surface area contributed by atoms with Crippen molar-refractivity contribution >= 4 is 35.0 Å². The second kappa shape index (κ2) is 7.10. The number of urea groups is 1. The number of rotatable bonds is 3. The average molecular weight is 339 g/mol. The fourth-order valence-electron chi connectivity index (χ4n) is 2.15. The number of nitrogens with one attached hydrogen (secondary N) is 1. The van der Waals surface area contributed by atoms with E-state index >= 15 is 0 Å². The molecule has 0 saturated heterocycles. The second-order valence-corrected chi connectivity index (χ2v) is 5.59. The van der Waals surface area contributed by atoms with Crippen molar-refractivity contribution in [1.82, 2.24) is 9.97 Å². The molecule has 3 aromatic rings. The first-order chi connectivity index (χ1) is 11.6. The summed E-state index contributed by atoms with van der Waals surface area (Å²) in [5.74, 6) is 0.965. The number of nitrogens with zero attached hydrogens (tertiary/aromatic N) is 3. The number of carbonyl (C=O) groups is 1. The Hall–Kier alpha value is -2.92. The Morgan fingerprint density at radius 3 is 2.54 bits per heavy atom. The molecular weight excluding hydrogens is 324 g/mol. The summed E-state index contributed by atoms with van der Waals surface area (Å²) >= 11 is 5.97. The van der Waals surface area contributed by atoms with E-state index in [1.807, 2.05) is 19.1 Å². The van der Waals surface area contributed by atoms with Gasteiger partial charge in [0.25, 0.3) is 0 Å². The quantitative estimate of drug-likeness (QED) is 0.745. The monoisotopic (exact) mass is 338 g/mol. The van der Waals surface area contributed by atoms with Crippen molar-refractivity contribution in [2.45, 2.75) is 6.92 Å². The van der Waals surface area contributed by atoms with Crippen LogP contribution in [0.1, 0.15) is 5.56 Å². The number of aromatic nitrogens is 2. The second-order valence-electron chi connectivity index (χ2n) is 5.16. The standard InChI is InChI=1S/C18H15ClN4O/c1-13-8-9-17(21-12-13)23(16-7-2-3-10-20-16)18(24)22-15-6-4-5-14(19)11-15/h2-12H,1H3,(H,22,24). The molecule has 24 heavy (non-hydrogen) atoms. The van der Waals surface area contributed by atoms with Crippen LogP contribution in [0.25, 0.3) is 0 Å². The molecule has 2 aromatic heterocycles. The van der Waals surface area contributed by atoms with E-state index in [0.717, 1.165) is 5.56 Å². The Labute approximate surface area is 144 Å². The molecule has 1 aromatic carbocycles. The van der Waals surface area contributed by atoms with Crippen molar-refractivity contribution in [2.75, 3.05) is 10.2 Å². The van der Waals surface area contributed by atoms with Crippen LogP contribution in [0.4, 0.5) is 22.1 Å². The smallest absolute Gasteiger partial charge is 0.307 e. The molecule has 0 bridgehead atoms. The van der Waals surface area contributed by atoms with Crippen LogP contribution >= 0.6 is 11.6 Å². The molecule has 0 fully saturated rings. The van der Waals surface area contributed by atoms with Gasteiger partial charge < -0.3 is 5.32 Å². The van der Waals surface area contributed by atoms with E-state index in [4.69, 9.17) is 11.6 Å². The predicted octanol–water partition coefficient (Wildman–Crippen LogP) is 4.81. The number of hydrogen-bond acceptors (Lipinski definition) is 3. The number of pyridine rings is 2. The minimum atomic E-state index is -0.368. The van der Waals surface area contributed by atoms with Crippen LogP contribution in [0.2, 0.25) is 5.02 Å². The average Bonchev–Trinajstić information content (AvgIpc) is 2.58. The summed E-state index contributed by atoms with van der Waals surface area (Å²) in [5.41, 5.74) is 1.61. The summed E-state index contributed by atoms with van der Waals surface area (Å²) in [7, 11) is 0. The van der Waals surface area contributed by atoms with Crippen LogP contribution in [-0.4, -0.2) is 16.0 Å². The van der Waals surface area contributed by atoms with E-state index in [1.165, 1.54) is 4.90 Å². The predicted molar refractivity (Wildman–Crippen MR) is 95.8 cm³/mol. The molecule has 2 amide bonds. The molecule has 120 valence electrons. The molecule has 3 rings (SSSR count). The SMILES string of the molecule is Cc1ccc(N(C(=O)Nc2cccc(Cl)c2)c2ccccn2)nc1. The van der Waals surface area contributed by atoms with Crippen LogP contribution < -0.4 is 10.2 Å². The Morgan fingerprint density at radius 2 is 1.88 bits per heavy atom. The van der Waals surface area contributed by atoms with Gasteiger partial charge in [-0.05, 0) is 48.9 Å². The maximum Gasteiger partial charge on any atom is 0.333 e. The molecule has 0 atom stereocenters. The van der Waals surface area contributed by atoms with E-state index < -0.39 is 0 Å². The third kappa shape index (κ3) is 3.70. The highest BCUT2D eigenvalue weighted by Gasteiger charge is 2.20. The lowest BCUT2D eigenvalue weighted by molar-refractivity contribution is 0.258. The minimum absolute atomic E-state index is 0.368. The van der Waals surface area contributed by atoms with Crippen molar-refractivity contribution in [2.24, 2.45) is 0 Å². The Balaban J connectivity index is 1.95. The van der Waals surface area contributed by atoms with Crippen molar-refractivity contribution < 1.29 is 4.79 Å². The molecular formula is C18H15ClN4O. The summed E-state index contributed by atoms with van der Waals surface area (Å²) < 4.78 is 0. The Bertz CT molecular complexity index is 837. The number of amides is 2. The lowest BCUT2D eigenvalue weighted by atomic mass is 10.3. The largest absolute Gasteiger partial charge is 0.333 e. The van der Waals surface area contributed by atoms with E-state index in [-0.39, 0.29) is 6.03 Å². The van der Waals surface area contributed by atoms with E-state index in [0.29, 0.717) is 22.3 Å². The number of benzene rings is 1. The fraction of sp³-hybridized carbons (Fsp3) is 0.0556. The summed E-state index contributed by atoms with van der Waals surface area (Å²) in [6, 6.07) is 15.6. The maximum atomic E-state index is 12.8. The van der Waals surface area contributed by atoms with Crippen LogP contribution in [0.15, 0.2) is 67.0 Å². The highest BCUT2D eigenvalue weighted by molar-refractivity contribution is 6.31.